The SMILES string of the molecule is CC(C)=CC(=O)CCOCc1ccccc1. The van der Waals surface area contributed by atoms with E-state index in [9.17, 15) is 4.79 Å². The zero-order chi connectivity index (χ0) is 11.8. The first kappa shape index (κ1) is 12.7. The van der Waals surface area contributed by atoms with E-state index >= 15 is 0 Å². The van der Waals surface area contributed by atoms with E-state index in [1.54, 1.807) is 6.08 Å². The fraction of sp³-hybridized carbons (Fsp3) is 0.357. The van der Waals surface area contributed by atoms with Crippen molar-refractivity contribution in [3.8, 4) is 0 Å². The van der Waals surface area contributed by atoms with Gasteiger partial charge in [-0.1, -0.05) is 35.9 Å². The van der Waals surface area contributed by atoms with Crippen molar-refractivity contribution >= 4 is 5.78 Å². The van der Waals surface area contributed by atoms with Crippen molar-refractivity contribution < 1.29 is 9.53 Å². The van der Waals surface area contributed by atoms with Crippen LogP contribution < -0.4 is 0 Å². The molecule has 0 atom stereocenters. The standard InChI is InChI=1S/C14H18O2/c1-12(2)10-14(15)8-9-16-11-13-6-4-3-5-7-13/h3-7,10H,8-9,11H2,1-2H3. The van der Waals surface area contributed by atoms with Gasteiger partial charge in [-0.3, -0.25) is 4.79 Å². The molecule has 0 aromatic heterocycles. The van der Waals surface area contributed by atoms with Crippen LogP contribution in [-0.2, 0) is 16.1 Å². The fourth-order valence-electron chi connectivity index (χ4n) is 1.33. The van der Waals surface area contributed by atoms with Gasteiger partial charge in [0.05, 0.1) is 13.2 Å². The van der Waals surface area contributed by atoms with Gasteiger partial charge in [-0.25, -0.2) is 0 Å². The van der Waals surface area contributed by atoms with E-state index in [1.807, 2.05) is 44.2 Å². The van der Waals surface area contributed by atoms with E-state index in [4.69, 9.17) is 4.74 Å². The van der Waals surface area contributed by atoms with Crippen molar-refractivity contribution in [2.45, 2.75) is 26.9 Å². The molecule has 0 saturated heterocycles. The molecule has 0 unspecified atom stereocenters. The topological polar surface area (TPSA) is 26.3 Å². The number of ketones is 1. The minimum atomic E-state index is 0.132. The van der Waals surface area contributed by atoms with Crippen LogP contribution in [-0.4, -0.2) is 12.4 Å². The lowest BCUT2D eigenvalue weighted by molar-refractivity contribution is -0.115. The third-order valence-corrected chi connectivity index (χ3v) is 2.05. The number of hydrogen-bond donors (Lipinski definition) is 0. The highest BCUT2D eigenvalue weighted by molar-refractivity contribution is 5.90. The molecule has 0 saturated carbocycles. The highest BCUT2D eigenvalue weighted by Crippen LogP contribution is 2.01. The first-order valence-corrected chi connectivity index (χ1v) is 5.48. The summed E-state index contributed by atoms with van der Waals surface area (Å²) < 4.78 is 5.42. The molecular formula is C14H18O2. The third kappa shape index (κ3) is 5.47. The molecule has 0 aliphatic rings. The van der Waals surface area contributed by atoms with Crippen molar-refractivity contribution in [2.24, 2.45) is 0 Å². The quantitative estimate of drug-likeness (QED) is 0.541. The summed E-state index contributed by atoms with van der Waals surface area (Å²) in [5.41, 5.74) is 2.17. The number of rotatable bonds is 6. The molecule has 0 spiro atoms. The molecule has 1 rings (SSSR count). The minimum Gasteiger partial charge on any atom is -0.376 e. The average Bonchev–Trinajstić information content (AvgIpc) is 2.25. The van der Waals surface area contributed by atoms with Crippen molar-refractivity contribution in [3.63, 3.8) is 0 Å². The second-order valence-electron chi connectivity index (χ2n) is 3.98. The maximum atomic E-state index is 11.3. The van der Waals surface area contributed by atoms with Crippen LogP contribution in [0.2, 0.25) is 0 Å². The molecular weight excluding hydrogens is 200 g/mol. The van der Waals surface area contributed by atoms with Crippen LogP contribution >= 0.6 is 0 Å². The van der Waals surface area contributed by atoms with Crippen molar-refractivity contribution in [1.29, 1.82) is 0 Å². The number of allylic oxidation sites excluding steroid dienone is 2. The van der Waals surface area contributed by atoms with Gasteiger partial charge in [0, 0.05) is 6.42 Å². The van der Waals surface area contributed by atoms with Crippen molar-refractivity contribution in [1.82, 2.24) is 0 Å². The Morgan fingerprint density at radius 2 is 1.94 bits per heavy atom. The van der Waals surface area contributed by atoms with E-state index in [-0.39, 0.29) is 5.78 Å². The predicted octanol–water partition coefficient (Wildman–Crippen LogP) is 3.13. The van der Waals surface area contributed by atoms with Gasteiger partial charge in [-0.05, 0) is 25.5 Å². The molecule has 16 heavy (non-hydrogen) atoms. The van der Waals surface area contributed by atoms with Gasteiger partial charge in [0.2, 0.25) is 0 Å². The molecule has 0 radical (unpaired) electrons. The Balaban J connectivity index is 2.18. The third-order valence-electron chi connectivity index (χ3n) is 2.05. The summed E-state index contributed by atoms with van der Waals surface area (Å²) in [5, 5.41) is 0. The zero-order valence-electron chi connectivity index (χ0n) is 9.90. The Bertz CT molecular complexity index is 348. The molecule has 0 heterocycles. The minimum absolute atomic E-state index is 0.132. The predicted molar refractivity (Wildman–Crippen MR) is 65.2 cm³/mol. The van der Waals surface area contributed by atoms with Crippen LogP contribution in [0.4, 0.5) is 0 Å². The van der Waals surface area contributed by atoms with Gasteiger partial charge in [0.1, 0.15) is 0 Å². The van der Waals surface area contributed by atoms with E-state index in [0.717, 1.165) is 11.1 Å². The lowest BCUT2D eigenvalue weighted by atomic mass is 10.2. The highest BCUT2D eigenvalue weighted by Gasteiger charge is 1.98. The van der Waals surface area contributed by atoms with Crippen LogP contribution in [0.3, 0.4) is 0 Å². The molecule has 86 valence electrons. The molecule has 0 aliphatic heterocycles. The summed E-state index contributed by atoms with van der Waals surface area (Å²) in [6, 6.07) is 9.96. The second kappa shape index (κ2) is 6.96. The molecule has 0 fully saturated rings. The monoisotopic (exact) mass is 218 g/mol. The normalized spacial score (nSPS) is 9.88. The Labute approximate surface area is 96.9 Å². The molecule has 2 heteroatoms. The lowest BCUT2D eigenvalue weighted by Gasteiger charge is -2.02. The number of carbonyl (C=O) groups excluding carboxylic acids is 1. The molecule has 0 N–H and O–H groups in total. The number of hydrogen-bond acceptors (Lipinski definition) is 2. The summed E-state index contributed by atoms with van der Waals surface area (Å²) in [6.45, 7) is 4.89. The van der Waals surface area contributed by atoms with Crippen LogP contribution in [0.5, 0.6) is 0 Å². The van der Waals surface area contributed by atoms with Crippen LogP contribution in [0.25, 0.3) is 0 Å². The maximum Gasteiger partial charge on any atom is 0.157 e. The first-order valence-electron chi connectivity index (χ1n) is 5.48. The second-order valence-corrected chi connectivity index (χ2v) is 3.98. The Kier molecular flexibility index (Phi) is 5.51. The van der Waals surface area contributed by atoms with Gasteiger partial charge >= 0.3 is 0 Å². The number of benzene rings is 1. The lowest BCUT2D eigenvalue weighted by Crippen LogP contribution is -2.02. The van der Waals surface area contributed by atoms with Crippen LogP contribution in [0, 0.1) is 0 Å². The highest BCUT2D eigenvalue weighted by atomic mass is 16.5. The largest absolute Gasteiger partial charge is 0.376 e. The number of ether oxygens (including phenoxy) is 1. The van der Waals surface area contributed by atoms with E-state index in [2.05, 4.69) is 0 Å². The van der Waals surface area contributed by atoms with E-state index in [0.29, 0.717) is 19.6 Å². The van der Waals surface area contributed by atoms with Gasteiger partial charge in [0.15, 0.2) is 5.78 Å². The van der Waals surface area contributed by atoms with Crippen molar-refractivity contribution in [2.75, 3.05) is 6.61 Å². The first-order chi connectivity index (χ1) is 7.68. The van der Waals surface area contributed by atoms with Gasteiger partial charge in [-0.2, -0.15) is 0 Å². The van der Waals surface area contributed by atoms with Crippen LogP contribution in [0.15, 0.2) is 42.0 Å². The van der Waals surface area contributed by atoms with Crippen molar-refractivity contribution in [3.05, 3.63) is 47.5 Å². The zero-order valence-corrected chi connectivity index (χ0v) is 9.90. The summed E-state index contributed by atoms with van der Waals surface area (Å²) in [6.07, 6.45) is 2.11. The van der Waals surface area contributed by atoms with Gasteiger partial charge in [0.25, 0.3) is 0 Å². The summed E-state index contributed by atoms with van der Waals surface area (Å²) in [5.74, 6) is 0.132. The molecule has 0 amide bonds. The molecule has 1 aromatic carbocycles. The van der Waals surface area contributed by atoms with Crippen LogP contribution in [0.1, 0.15) is 25.8 Å². The van der Waals surface area contributed by atoms with Gasteiger partial charge in [-0.15, -0.1) is 0 Å². The number of carbonyl (C=O) groups is 1. The smallest absolute Gasteiger partial charge is 0.157 e. The maximum absolute atomic E-state index is 11.3. The summed E-state index contributed by atoms with van der Waals surface area (Å²) in [4.78, 5) is 11.3. The Morgan fingerprint density at radius 1 is 1.25 bits per heavy atom. The molecule has 1 aromatic rings. The summed E-state index contributed by atoms with van der Waals surface area (Å²) in [7, 11) is 0. The fourth-order valence-corrected chi connectivity index (χ4v) is 1.33. The summed E-state index contributed by atoms with van der Waals surface area (Å²) >= 11 is 0. The van der Waals surface area contributed by atoms with E-state index < -0.39 is 0 Å². The van der Waals surface area contributed by atoms with E-state index in [1.165, 1.54) is 0 Å². The average molecular weight is 218 g/mol. The Hall–Kier alpha value is -1.41. The molecule has 0 aliphatic carbocycles. The van der Waals surface area contributed by atoms with Gasteiger partial charge < -0.3 is 4.74 Å². The molecule has 0 bridgehead atoms. The Morgan fingerprint density at radius 3 is 2.56 bits per heavy atom. The molecule has 2 nitrogen and oxygen atoms in total.